The lowest BCUT2D eigenvalue weighted by Crippen LogP contribution is -1.95. The van der Waals surface area contributed by atoms with E-state index in [1.54, 1.807) is 18.2 Å². The van der Waals surface area contributed by atoms with Crippen LogP contribution in [0.4, 0.5) is 4.39 Å². The molecule has 1 aliphatic rings. The molecule has 2 aromatic rings. The fraction of sp³-hybridized carbons (Fsp3) is 0.357. The van der Waals surface area contributed by atoms with Crippen molar-refractivity contribution in [1.82, 2.24) is 5.16 Å². The van der Waals surface area contributed by atoms with Gasteiger partial charge in [-0.25, -0.2) is 4.39 Å². The third-order valence-electron chi connectivity index (χ3n) is 3.28. The van der Waals surface area contributed by atoms with Gasteiger partial charge in [0.15, 0.2) is 0 Å². The van der Waals surface area contributed by atoms with Crippen LogP contribution in [-0.4, -0.2) is 17.1 Å². The lowest BCUT2D eigenvalue weighted by molar-refractivity contribution is 0.192. The first-order valence-electron chi connectivity index (χ1n) is 6.22. The predicted octanol–water partition coefficient (Wildman–Crippen LogP) is 3.02. The van der Waals surface area contributed by atoms with E-state index in [9.17, 15) is 9.50 Å². The maximum absolute atomic E-state index is 12.4. The number of hydrogen-bond donors (Lipinski definition) is 1. The highest BCUT2D eigenvalue weighted by molar-refractivity contribution is 5.70. The van der Waals surface area contributed by atoms with Crippen molar-refractivity contribution in [3.05, 3.63) is 35.6 Å². The summed E-state index contributed by atoms with van der Waals surface area (Å²) < 4.78 is 22.7. The van der Waals surface area contributed by atoms with Gasteiger partial charge in [-0.05, 0) is 25.0 Å². The molecule has 1 aromatic heterocycles. The number of nitrogens with zero attached hydrogens (tertiary/aromatic N) is 1. The van der Waals surface area contributed by atoms with Gasteiger partial charge < -0.3 is 14.4 Å². The third-order valence-corrected chi connectivity index (χ3v) is 3.28. The number of aliphatic hydroxyl groups is 1. The summed E-state index contributed by atoms with van der Waals surface area (Å²) in [4.78, 5) is 0. The van der Waals surface area contributed by atoms with E-state index in [2.05, 4.69) is 5.16 Å². The van der Waals surface area contributed by atoms with Crippen LogP contribution in [0.2, 0.25) is 0 Å². The number of aliphatic hydroxyl groups excluding tert-OH is 1. The second-order valence-corrected chi connectivity index (χ2v) is 4.56. The average molecular weight is 263 g/mol. The summed E-state index contributed by atoms with van der Waals surface area (Å²) in [6, 6.07) is 7.02. The maximum atomic E-state index is 12.4. The van der Waals surface area contributed by atoms with E-state index in [0.29, 0.717) is 28.5 Å². The molecule has 1 heterocycles. The second-order valence-electron chi connectivity index (χ2n) is 4.56. The maximum Gasteiger partial charge on any atom is 0.228 e. The fourth-order valence-corrected chi connectivity index (χ4v) is 2.20. The Hall–Kier alpha value is -1.88. The zero-order chi connectivity index (χ0) is 13.2. The molecule has 1 saturated carbocycles. The molecule has 1 aromatic carbocycles. The van der Waals surface area contributed by atoms with E-state index in [0.717, 1.165) is 18.6 Å². The molecule has 0 unspecified atom stereocenters. The van der Waals surface area contributed by atoms with E-state index in [-0.39, 0.29) is 6.61 Å². The molecule has 3 rings (SSSR count). The van der Waals surface area contributed by atoms with Crippen molar-refractivity contribution in [2.24, 2.45) is 0 Å². The topological polar surface area (TPSA) is 55.5 Å². The van der Waals surface area contributed by atoms with E-state index in [1.165, 1.54) is 0 Å². The highest BCUT2D eigenvalue weighted by atomic mass is 19.1. The summed E-state index contributed by atoms with van der Waals surface area (Å²) in [7, 11) is 0. The summed E-state index contributed by atoms with van der Waals surface area (Å²) in [6.45, 7) is -1.05. The molecule has 0 spiro atoms. The largest absolute Gasteiger partial charge is 0.462 e. The Morgan fingerprint density at radius 2 is 2.16 bits per heavy atom. The van der Waals surface area contributed by atoms with Crippen LogP contribution in [0.3, 0.4) is 0 Å². The minimum atomic E-state index is -0.904. The van der Waals surface area contributed by atoms with Gasteiger partial charge in [-0.15, -0.1) is 0 Å². The summed E-state index contributed by atoms with van der Waals surface area (Å²) in [5.74, 6) is 1.50. The Labute approximate surface area is 109 Å². The number of hydrogen-bond acceptors (Lipinski definition) is 4. The molecule has 1 fully saturated rings. The first-order valence-corrected chi connectivity index (χ1v) is 6.22. The molecule has 0 bridgehead atoms. The zero-order valence-corrected chi connectivity index (χ0v) is 10.3. The minimum Gasteiger partial charge on any atom is -0.462 e. The van der Waals surface area contributed by atoms with Gasteiger partial charge in [0.2, 0.25) is 6.86 Å². The number of rotatable bonds is 5. The molecule has 0 radical (unpaired) electrons. The molecular formula is C14H14FNO3. The molecule has 1 aliphatic carbocycles. The van der Waals surface area contributed by atoms with E-state index in [1.807, 2.05) is 6.07 Å². The van der Waals surface area contributed by atoms with Gasteiger partial charge in [0, 0.05) is 17.0 Å². The highest BCUT2D eigenvalue weighted by Gasteiger charge is 2.32. The third kappa shape index (κ3) is 2.21. The van der Waals surface area contributed by atoms with Crippen LogP contribution in [0, 0.1) is 0 Å². The quantitative estimate of drug-likeness (QED) is 0.900. The summed E-state index contributed by atoms with van der Waals surface area (Å²) in [6.07, 6.45) is 2.12. The molecule has 0 amide bonds. The Bertz CT molecular complexity index is 578. The molecule has 0 saturated heterocycles. The van der Waals surface area contributed by atoms with Gasteiger partial charge in [-0.2, -0.15) is 0 Å². The van der Waals surface area contributed by atoms with Crippen LogP contribution in [0.25, 0.3) is 11.3 Å². The predicted molar refractivity (Wildman–Crippen MR) is 66.4 cm³/mol. The number of ether oxygens (including phenoxy) is 1. The molecule has 0 atom stereocenters. The van der Waals surface area contributed by atoms with Gasteiger partial charge in [-0.3, -0.25) is 0 Å². The van der Waals surface area contributed by atoms with Crippen molar-refractivity contribution >= 4 is 0 Å². The van der Waals surface area contributed by atoms with E-state index >= 15 is 0 Å². The minimum absolute atomic E-state index is 0.144. The first kappa shape index (κ1) is 12.2. The lowest BCUT2D eigenvalue weighted by Gasteiger charge is -2.07. The Kier molecular flexibility index (Phi) is 3.21. The smallest absolute Gasteiger partial charge is 0.228 e. The molecular weight excluding hydrogens is 249 g/mol. The van der Waals surface area contributed by atoms with E-state index in [4.69, 9.17) is 9.26 Å². The number of para-hydroxylation sites is 1. The standard InChI is InChI=1S/C14H14FNO3/c15-8-18-12-4-2-1-3-10(12)13-11(7-17)14(19-16-13)9-5-6-9/h1-4,9,17H,5-8H2. The Balaban J connectivity index is 2.06. The molecule has 5 heteroatoms. The molecule has 100 valence electrons. The average Bonchev–Trinajstić information content (AvgIpc) is 3.19. The number of alkyl halides is 1. The van der Waals surface area contributed by atoms with Crippen molar-refractivity contribution < 1.29 is 18.8 Å². The SMILES string of the molecule is OCc1c(-c2ccccc2OCF)noc1C1CC1. The number of halogens is 1. The fourth-order valence-electron chi connectivity index (χ4n) is 2.20. The van der Waals surface area contributed by atoms with Gasteiger partial charge >= 0.3 is 0 Å². The molecule has 4 nitrogen and oxygen atoms in total. The zero-order valence-electron chi connectivity index (χ0n) is 10.3. The summed E-state index contributed by atoms with van der Waals surface area (Å²) >= 11 is 0. The van der Waals surface area contributed by atoms with Gasteiger partial charge in [0.25, 0.3) is 0 Å². The van der Waals surface area contributed by atoms with Crippen LogP contribution >= 0.6 is 0 Å². The summed E-state index contributed by atoms with van der Waals surface area (Å²) in [5.41, 5.74) is 1.85. The van der Waals surface area contributed by atoms with E-state index < -0.39 is 6.86 Å². The Morgan fingerprint density at radius 3 is 2.84 bits per heavy atom. The van der Waals surface area contributed by atoms with Crippen LogP contribution in [0.15, 0.2) is 28.8 Å². The van der Waals surface area contributed by atoms with Crippen molar-refractivity contribution in [3.63, 3.8) is 0 Å². The monoisotopic (exact) mass is 263 g/mol. The normalized spacial score (nSPS) is 14.6. The van der Waals surface area contributed by atoms with Crippen LogP contribution < -0.4 is 4.74 Å². The highest BCUT2D eigenvalue weighted by Crippen LogP contribution is 2.44. The summed E-state index contributed by atoms with van der Waals surface area (Å²) in [5, 5.41) is 13.6. The number of aromatic nitrogens is 1. The van der Waals surface area contributed by atoms with Crippen LogP contribution in [-0.2, 0) is 6.61 Å². The lowest BCUT2D eigenvalue weighted by atomic mass is 10.0. The molecule has 19 heavy (non-hydrogen) atoms. The van der Waals surface area contributed by atoms with Crippen molar-refractivity contribution in [2.45, 2.75) is 25.4 Å². The van der Waals surface area contributed by atoms with Crippen molar-refractivity contribution in [2.75, 3.05) is 6.86 Å². The first-order chi connectivity index (χ1) is 9.35. The second kappa shape index (κ2) is 5.01. The molecule has 1 N–H and O–H groups in total. The Morgan fingerprint density at radius 1 is 1.37 bits per heavy atom. The van der Waals surface area contributed by atoms with Gasteiger partial charge in [0.05, 0.1) is 6.61 Å². The number of benzene rings is 1. The van der Waals surface area contributed by atoms with Crippen molar-refractivity contribution in [3.8, 4) is 17.0 Å². The van der Waals surface area contributed by atoms with Crippen LogP contribution in [0.5, 0.6) is 5.75 Å². The van der Waals surface area contributed by atoms with Crippen LogP contribution in [0.1, 0.15) is 30.1 Å². The van der Waals surface area contributed by atoms with Gasteiger partial charge in [-0.1, -0.05) is 17.3 Å². The van der Waals surface area contributed by atoms with Gasteiger partial charge in [0.1, 0.15) is 17.2 Å². The van der Waals surface area contributed by atoms with Crippen molar-refractivity contribution in [1.29, 1.82) is 0 Å². The molecule has 0 aliphatic heterocycles.